The molecule has 2 heteroatoms. The molecule has 1 N–H and O–H groups in total. The molecule has 92 valence electrons. The van der Waals surface area contributed by atoms with Gasteiger partial charge in [0.15, 0.2) is 5.78 Å². The zero-order chi connectivity index (χ0) is 12.7. The standard InChI is InChI=1S/C15H20O2/c1-12(2)10-14(16)8-9-15(17)11-13-6-4-3-5-7-13/h3-9,12,15,17H,10-11H2,1-2H3/b9-8+/t15-/m0/s1. The number of ketones is 1. The number of carbonyl (C=O) groups excluding carboxylic acids is 1. The lowest BCUT2D eigenvalue weighted by Gasteiger charge is -2.05. The molecule has 0 bridgehead atoms. The van der Waals surface area contributed by atoms with E-state index >= 15 is 0 Å². The maximum Gasteiger partial charge on any atom is 0.155 e. The van der Waals surface area contributed by atoms with Crippen LogP contribution in [0.1, 0.15) is 25.8 Å². The van der Waals surface area contributed by atoms with Gasteiger partial charge in [-0.15, -0.1) is 0 Å². The van der Waals surface area contributed by atoms with Gasteiger partial charge in [-0.3, -0.25) is 4.79 Å². The maximum absolute atomic E-state index is 11.4. The SMILES string of the molecule is CC(C)CC(=O)/C=C/[C@H](O)Cc1ccccc1. The Morgan fingerprint density at radius 1 is 1.29 bits per heavy atom. The molecule has 0 radical (unpaired) electrons. The van der Waals surface area contributed by atoms with E-state index in [1.807, 2.05) is 44.2 Å². The highest BCUT2D eigenvalue weighted by molar-refractivity contribution is 5.89. The van der Waals surface area contributed by atoms with Crippen molar-refractivity contribution >= 4 is 5.78 Å². The summed E-state index contributed by atoms with van der Waals surface area (Å²) in [6.07, 6.45) is 3.57. The van der Waals surface area contributed by atoms with Crippen LogP contribution < -0.4 is 0 Å². The van der Waals surface area contributed by atoms with Gasteiger partial charge in [-0.1, -0.05) is 50.3 Å². The lowest BCUT2D eigenvalue weighted by molar-refractivity contribution is -0.115. The van der Waals surface area contributed by atoms with Gasteiger partial charge in [-0.25, -0.2) is 0 Å². The minimum Gasteiger partial charge on any atom is -0.389 e. The van der Waals surface area contributed by atoms with Crippen LogP contribution in [0.5, 0.6) is 0 Å². The summed E-state index contributed by atoms with van der Waals surface area (Å²) >= 11 is 0. The quantitative estimate of drug-likeness (QED) is 0.766. The molecule has 0 aromatic heterocycles. The largest absolute Gasteiger partial charge is 0.389 e. The molecule has 2 nitrogen and oxygen atoms in total. The molecule has 1 rings (SSSR count). The van der Waals surface area contributed by atoms with Crippen LogP contribution in [0, 0.1) is 5.92 Å². The summed E-state index contributed by atoms with van der Waals surface area (Å²) in [6.45, 7) is 4.01. The van der Waals surface area contributed by atoms with Crippen LogP contribution in [-0.2, 0) is 11.2 Å². The summed E-state index contributed by atoms with van der Waals surface area (Å²) in [5.41, 5.74) is 1.07. The molecule has 17 heavy (non-hydrogen) atoms. The summed E-state index contributed by atoms with van der Waals surface area (Å²) in [5.74, 6) is 0.436. The van der Waals surface area contributed by atoms with Crippen LogP contribution in [0.2, 0.25) is 0 Å². The van der Waals surface area contributed by atoms with E-state index in [0.29, 0.717) is 18.8 Å². The molecule has 1 atom stereocenters. The fraction of sp³-hybridized carbons (Fsp3) is 0.400. The third kappa shape index (κ3) is 6.03. The fourth-order valence-corrected chi connectivity index (χ4v) is 1.61. The van der Waals surface area contributed by atoms with Gasteiger partial charge in [0.2, 0.25) is 0 Å². The van der Waals surface area contributed by atoms with Crippen molar-refractivity contribution in [3.8, 4) is 0 Å². The van der Waals surface area contributed by atoms with Crippen molar-refractivity contribution in [2.75, 3.05) is 0 Å². The third-order valence-corrected chi connectivity index (χ3v) is 2.40. The summed E-state index contributed by atoms with van der Waals surface area (Å²) in [5, 5.41) is 9.75. The van der Waals surface area contributed by atoms with E-state index in [1.54, 1.807) is 6.08 Å². The first-order chi connectivity index (χ1) is 8.08. The highest BCUT2D eigenvalue weighted by Gasteiger charge is 2.04. The van der Waals surface area contributed by atoms with E-state index in [9.17, 15) is 9.90 Å². The molecule has 0 saturated heterocycles. The van der Waals surface area contributed by atoms with Crippen molar-refractivity contribution < 1.29 is 9.90 Å². The molecule has 0 amide bonds. The Bertz CT molecular complexity index is 366. The first kappa shape index (κ1) is 13.7. The number of benzene rings is 1. The first-order valence-corrected chi connectivity index (χ1v) is 6.01. The second-order valence-electron chi connectivity index (χ2n) is 4.68. The predicted octanol–water partition coefficient (Wildman–Crippen LogP) is 2.76. The lowest BCUT2D eigenvalue weighted by atomic mass is 10.0. The van der Waals surface area contributed by atoms with Gasteiger partial charge in [0.25, 0.3) is 0 Å². The number of hydrogen-bond acceptors (Lipinski definition) is 2. The number of aliphatic hydroxyl groups is 1. The van der Waals surface area contributed by atoms with E-state index in [4.69, 9.17) is 0 Å². The molecule has 0 heterocycles. The van der Waals surface area contributed by atoms with Crippen molar-refractivity contribution in [1.29, 1.82) is 0 Å². The molecule has 1 aromatic rings. The van der Waals surface area contributed by atoms with Gasteiger partial charge in [0.1, 0.15) is 0 Å². The zero-order valence-corrected chi connectivity index (χ0v) is 10.5. The Balaban J connectivity index is 2.41. The first-order valence-electron chi connectivity index (χ1n) is 6.01. The fourth-order valence-electron chi connectivity index (χ4n) is 1.61. The molecule has 0 aliphatic rings. The molecule has 1 aromatic carbocycles. The molecule has 0 fully saturated rings. The highest BCUT2D eigenvalue weighted by atomic mass is 16.3. The Kier molecular flexibility index (Phi) is 5.64. The Hall–Kier alpha value is -1.41. The van der Waals surface area contributed by atoms with Crippen molar-refractivity contribution in [2.45, 2.75) is 32.8 Å². The van der Waals surface area contributed by atoms with Gasteiger partial charge in [-0.05, 0) is 17.6 Å². The van der Waals surface area contributed by atoms with Crippen molar-refractivity contribution in [2.24, 2.45) is 5.92 Å². The van der Waals surface area contributed by atoms with Crippen LogP contribution in [0.15, 0.2) is 42.5 Å². The third-order valence-electron chi connectivity index (χ3n) is 2.40. The molecular weight excluding hydrogens is 212 g/mol. The normalized spacial score (nSPS) is 13.2. The Labute approximate surface area is 103 Å². The topological polar surface area (TPSA) is 37.3 Å². The molecule has 0 aliphatic heterocycles. The summed E-state index contributed by atoms with van der Waals surface area (Å²) in [6, 6.07) is 9.75. The summed E-state index contributed by atoms with van der Waals surface area (Å²) in [4.78, 5) is 11.4. The second kappa shape index (κ2) is 7.02. The molecule has 0 aliphatic carbocycles. The molecule has 0 unspecified atom stereocenters. The Morgan fingerprint density at radius 2 is 1.94 bits per heavy atom. The van der Waals surface area contributed by atoms with E-state index in [0.717, 1.165) is 5.56 Å². The van der Waals surface area contributed by atoms with Crippen molar-refractivity contribution in [3.05, 3.63) is 48.0 Å². The van der Waals surface area contributed by atoms with Crippen LogP contribution in [0.4, 0.5) is 0 Å². The van der Waals surface area contributed by atoms with Crippen molar-refractivity contribution in [3.63, 3.8) is 0 Å². The average molecular weight is 232 g/mol. The van der Waals surface area contributed by atoms with Gasteiger partial charge in [0.05, 0.1) is 6.10 Å². The van der Waals surface area contributed by atoms with Crippen molar-refractivity contribution in [1.82, 2.24) is 0 Å². The number of hydrogen-bond donors (Lipinski definition) is 1. The van der Waals surface area contributed by atoms with Gasteiger partial charge >= 0.3 is 0 Å². The van der Waals surface area contributed by atoms with Gasteiger partial charge in [0, 0.05) is 12.8 Å². The number of carbonyl (C=O) groups is 1. The van der Waals surface area contributed by atoms with Crippen LogP contribution in [0.25, 0.3) is 0 Å². The van der Waals surface area contributed by atoms with E-state index in [-0.39, 0.29) is 5.78 Å². The molecule has 0 spiro atoms. The highest BCUT2D eigenvalue weighted by Crippen LogP contribution is 2.05. The van der Waals surface area contributed by atoms with Crippen LogP contribution in [0.3, 0.4) is 0 Å². The van der Waals surface area contributed by atoms with E-state index < -0.39 is 6.10 Å². The minimum atomic E-state index is -0.589. The monoisotopic (exact) mass is 232 g/mol. The smallest absolute Gasteiger partial charge is 0.155 e. The molecular formula is C15H20O2. The summed E-state index contributed by atoms with van der Waals surface area (Å²) in [7, 11) is 0. The van der Waals surface area contributed by atoms with Crippen LogP contribution >= 0.6 is 0 Å². The second-order valence-corrected chi connectivity index (χ2v) is 4.68. The molecule has 0 saturated carbocycles. The Morgan fingerprint density at radius 3 is 2.53 bits per heavy atom. The number of allylic oxidation sites excluding steroid dienone is 1. The van der Waals surface area contributed by atoms with Crippen LogP contribution in [-0.4, -0.2) is 17.0 Å². The predicted molar refractivity (Wildman–Crippen MR) is 69.8 cm³/mol. The lowest BCUT2D eigenvalue weighted by Crippen LogP contribution is -2.08. The average Bonchev–Trinajstić information content (AvgIpc) is 2.27. The summed E-state index contributed by atoms with van der Waals surface area (Å²) < 4.78 is 0. The van der Waals surface area contributed by atoms with Gasteiger partial charge in [-0.2, -0.15) is 0 Å². The minimum absolute atomic E-state index is 0.0760. The van der Waals surface area contributed by atoms with Gasteiger partial charge < -0.3 is 5.11 Å². The van der Waals surface area contributed by atoms with E-state index in [1.165, 1.54) is 6.08 Å². The number of aliphatic hydroxyl groups excluding tert-OH is 1. The number of rotatable bonds is 6. The maximum atomic E-state index is 11.4. The van der Waals surface area contributed by atoms with E-state index in [2.05, 4.69) is 0 Å². The zero-order valence-electron chi connectivity index (χ0n) is 10.5.